The first-order chi connectivity index (χ1) is 18.4. The van der Waals surface area contributed by atoms with E-state index in [-0.39, 0.29) is 17.0 Å². The summed E-state index contributed by atoms with van der Waals surface area (Å²) < 4.78 is 7.39. The molecule has 0 radical (unpaired) electrons. The maximum Gasteiger partial charge on any atom is 0.311 e. The molecule has 0 saturated heterocycles. The first-order valence-corrected chi connectivity index (χ1v) is 12.8. The second-order valence-corrected chi connectivity index (χ2v) is 10.8. The molecule has 1 aromatic heterocycles. The number of benzene rings is 3. The molecular weight excluding hydrogens is 566 g/mol. The first kappa shape index (κ1) is 27.6. The summed E-state index contributed by atoms with van der Waals surface area (Å²) in [7, 11) is 0. The van der Waals surface area contributed by atoms with Crippen molar-refractivity contribution in [3.05, 3.63) is 103 Å². The molecular formula is C28H26BrN5O5. The highest BCUT2D eigenvalue weighted by Gasteiger charge is 2.23. The third-order valence-electron chi connectivity index (χ3n) is 5.68. The number of nitro groups is 1. The van der Waals surface area contributed by atoms with E-state index in [1.54, 1.807) is 30.3 Å². The van der Waals surface area contributed by atoms with Gasteiger partial charge in [-0.2, -0.15) is 9.78 Å². The van der Waals surface area contributed by atoms with Gasteiger partial charge in [-0.05, 0) is 49.4 Å². The highest BCUT2D eigenvalue weighted by atomic mass is 79.9. The average molecular weight is 592 g/mol. The molecule has 0 atom stereocenters. The average Bonchev–Trinajstić information content (AvgIpc) is 2.88. The van der Waals surface area contributed by atoms with Crippen molar-refractivity contribution >= 4 is 50.3 Å². The number of carbonyl (C=O) groups is 1. The summed E-state index contributed by atoms with van der Waals surface area (Å²) in [4.78, 5) is 41.4. The van der Waals surface area contributed by atoms with Gasteiger partial charge in [-0.25, -0.2) is 4.98 Å². The van der Waals surface area contributed by atoms with E-state index in [0.717, 1.165) is 10.0 Å². The Morgan fingerprint density at radius 1 is 1.15 bits per heavy atom. The van der Waals surface area contributed by atoms with E-state index in [1.165, 1.54) is 23.0 Å². The second-order valence-electron chi connectivity index (χ2n) is 9.90. The fourth-order valence-corrected chi connectivity index (χ4v) is 4.08. The minimum Gasteiger partial charge on any atom is -0.477 e. The fourth-order valence-electron chi connectivity index (χ4n) is 3.72. The van der Waals surface area contributed by atoms with Gasteiger partial charge in [0.05, 0.1) is 22.0 Å². The highest BCUT2D eigenvalue weighted by molar-refractivity contribution is 9.10. The summed E-state index contributed by atoms with van der Waals surface area (Å²) >= 11 is 3.38. The molecule has 0 aliphatic rings. The zero-order valence-corrected chi connectivity index (χ0v) is 23.4. The lowest BCUT2D eigenvalue weighted by atomic mass is 9.95. The van der Waals surface area contributed by atoms with Crippen LogP contribution in [-0.4, -0.2) is 33.3 Å². The zero-order chi connectivity index (χ0) is 28.3. The van der Waals surface area contributed by atoms with Crippen LogP contribution >= 0.6 is 15.9 Å². The highest BCUT2D eigenvalue weighted by Crippen LogP contribution is 2.28. The molecule has 0 unspecified atom stereocenters. The van der Waals surface area contributed by atoms with Gasteiger partial charge in [-0.1, -0.05) is 54.4 Å². The smallest absolute Gasteiger partial charge is 0.311 e. The van der Waals surface area contributed by atoms with E-state index < -0.39 is 22.9 Å². The predicted octanol–water partition coefficient (Wildman–Crippen LogP) is 5.57. The Morgan fingerprint density at radius 2 is 1.87 bits per heavy atom. The predicted molar refractivity (Wildman–Crippen MR) is 154 cm³/mol. The molecule has 3 aromatic carbocycles. The standard InChI is InChI=1S/C28H26BrN5O5/c1-17-5-9-20(10-6-17)31-25(35)16-39-24-12-7-18(13-23(24)34(37)38)15-30-33-26(36)21-14-19(29)8-11-22(21)32-27(33)28(2,3)4/h5-15H,16H2,1-4H3,(H,31,35). The summed E-state index contributed by atoms with van der Waals surface area (Å²) in [5, 5.41) is 19.2. The van der Waals surface area contributed by atoms with Crippen LogP contribution in [-0.2, 0) is 10.2 Å². The van der Waals surface area contributed by atoms with Crippen LogP contribution in [0.1, 0.15) is 37.7 Å². The Bertz CT molecular complexity index is 1660. The number of nitrogens with one attached hydrogen (secondary N) is 1. The van der Waals surface area contributed by atoms with Gasteiger partial charge in [-0.3, -0.25) is 19.7 Å². The molecule has 39 heavy (non-hydrogen) atoms. The summed E-state index contributed by atoms with van der Waals surface area (Å²) in [6.07, 6.45) is 1.35. The third-order valence-corrected chi connectivity index (χ3v) is 6.17. The largest absolute Gasteiger partial charge is 0.477 e. The SMILES string of the molecule is Cc1ccc(NC(=O)COc2ccc(C=Nn3c(C(C)(C)C)nc4ccc(Br)cc4c3=O)cc2[N+](=O)[O-])cc1. The Labute approximate surface area is 232 Å². The number of aromatic nitrogens is 2. The van der Waals surface area contributed by atoms with Gasteiger partial charge in [0.25, 0.3) is 11.5 Å². The third kappa shape index (κ3) is 6.55. The first-order valence-electron chi connectivity index (χ1n) is 12.0. The van der Waals surface area contributed by atoms with Crippen LogP contribution in [0.4, 0.5) is 11.4 Å². The zero-order valence-electron chi connectivity index (χ0n) is 21.8. The molecule has 1 amide bonds. The Kier molecular flexibility index (Phi) is 7.91. The van der Waals surface area contributed by atoms with E-state index in [1.807, 2.05) is 45.9 Å². The van der Waals surface area contributed by atoms with Crippen LogP contribution in [0.2, 0.25) is 0 Å². The van der Waals surface area contributed by atoms with Gasteiger partial charge in [0.1, 0.15) is 5.82 Å². The summed E-state index contributed by atoms with van der Waals surface area (Å²) in [5.74, 6) is -0.0862. The maximum absolute atomic E-state index is 13.3. The van der Waals surface area contributed by atoms with Gasteiger partial charge in [0.15, 0.2) is 12.4 Å². The summed E-state index contributed by atoms with van der Waals surface area (Å²) in [5.41, 5.74) is 1.33. The van der Waals surface area contributed by atoms with Crippen molar-refractivity contribution in [3.63, 3.8) is 0 Å². The van der Waals surface area contributed by atoms with Crippen molar-refractivity contribution in [1.29, 1.82) is 0 Å². The molecule has 0 aliphatic heterocycles. The molecule has 0 aliphatic carbocycles. The second kappa shape index (κ2) is 11.2. The number of rotatable bonds is 7. The number of fused-ring (bicyclic) bond motifs is 1. The topological polar surface area (TPSA) is 129 Å². The number of halogens is 1. The summed E-state index contributed by atoms with van der Waals surface area (Å²) in [6.45, 7) is 7.26. The molecule has 200 valence electrons. The van der Waals surface area contributed by atoms with E-state index in [9.17, 15) is 19.7 Å². The van der Waals surface area contributed by atoms with Gasteiger partial charge in [0.2, 0.25) is 0 Å². The molecule has 0 spiro atoms. The minimum absolute atomic E-state index is 0.0685. The number of nitrogens with zero attached hydrogens (tertiary/aromatic N) is 4. The summed E-state index contributed by atoms with van der Waals surface area (Å²) in [6, 6.07) is 16.7. The lowest BCUT2D eigenvalue weighted by Gasteiger charge is -2.20. The van der Waals surface area contributed by atoms with Gasteiger partial charge < -0.3 is 10.1 Å². The van der Waals surface area contributed by atoms with Gasteiger partial charge in [-0.15, -0.1) is 0 Å². The monoisotopic (exact) mass is 591 g/mol. The number of anilines is 1. The minimum atomic E-state index is -0.605. The van der Waals surface area contributed by atoms with E-state index in [4.69, 9.17) is 4.74 Å². The molecule has 0 fully saturated rings. The number of hydrogen-bond donors (Lipinski definition) is 1. The number of aryl methyl sites for hydroxylation is 1. The van der Waals surface area contributed by atoms with E-state index >= 15 is 0 Å². The molecule has 4 rings (SSSR count). The van der Waals surface area contributed by atoms with Crippen molar-refractivity contribution in [2.45, 2.75) is 33.1 Å². The van der Waals surface area contributed by atoms with Crippen LogP contribution in [0.5, 0.6) is 5.75 Å². The maximum atomic E-state index is 13.3. The molecule has 0 bridgehead atoms. The number of amides is 1. The van der Waals surface area contributed by atoms with Crippen LogP contribution in [0.15, 0.2) is 75.0 Å². The molecule has 10 nitrogen and oxygen atoms in total. The van der Waals surface area contributed by atoms with E-state index in [2.05, 4.69) is 31.3 Å². The number of carbonyl (C=O) groups excluding carboxylic acids is 1. The van der Waals surface area contributed by atoms with E-state index in [0.29, 0.717) is 28.0 Å². The number of nitro benzene ring substituents is 1. The van der Waals surface area contributed by atoms with Crippen molar-refractivity contribution < 1.29 is 14.5 Å². The van der Waals surface area contributed by atoms with Crippen molar-refractivity contribution in [1.82, 2.24) is 9.66 Å². The number of ether oxygens (including phenoxy) is 1. The quantitative estimate of drug-likeness (QED) is 0.170. The number of hydrogen-bond acceptors (Lipinski definition) is 7. The van der Waals surface area contributed by atoms with Gasteiger partial charge >= 0.3 is 5.69 Å². The lowest BCUT2D eigenvalue weighted by molar-refractivity contribution is -0.385. The van der Waals surface area contributed by atoms with Crippen LogP contribution < -0.4 is 15.6 Å². The van der Waals surface area contributed by atoms with Crippen LogP contribution in [0, 0.1) is 17.0 Å². The van der Waals surface area contributed by atoms with Crippen molar-refractivity contribution in [3.8, 4) is 5.75 Å². The van der Waals surface area contributed by atoms with Crippen LogP contribution in [0.25, 0.3) is 10.9 Å². The van der Waals surface area contributed by atoms with Gasteiger partial charge in [0, 0.05) is 27.2 Å². The molecule has 1 heterocycles. The Balaban J connectivity index is 1.60. The fraction of sp³-hybridized carbons (Fsp3) is 0.214. The normalized spacial score (nSPS) is 11.6. The van der Waals surface area contributed by atoms with Crippen LogP contribution in [0.3, 0.4) is 0 Å². The molecule has 1 N–H and O–H groups in total. The molecule has 4 aromatic rings. The van der Waals surface area contributed by atoms with Crippen molar-refractivity contribution in [2.75, 3.05) is 11.9 Å². The Morgan fingerprint density at radius 3 is 2.54 bits per heavy atom. The Hall–Kier alpha value is -4.38. The molecule has 11 heteroatoms. The van der Waals surface area contributed by atoms with Crippen molar-refractivity contribution in [2.24, 2.45) is 5.10 Å². The molecule has 0 saturated carbocycles. The lowest BCUT2D eigenvalue weighted by Crippen LogP contribution is -2.29.